The lowest BCUT2D eigenvalue weighted by Crippen LogP contribution is -2.43. The summed E-state index contributed by atoms with van der Waals surface area (Å²) in [4.78, 5) is 0.711. The van der Waals surface area contributed by atoms with Crippen LogP contribution in [0.15, 0.2) is 12.1 Å². The van der Waals surface area contributed by atoms with Crippen molar-refractivity contribution in [3.05, 3.63) is 17.0 Å². The molecule has 0 atom stereocenters. The first kappa shape index (κ1) is 10.5. The number of ether oxygens (including phenoxy) is 1. The van der Waals surface area contributed by atoms with Crippen molar-refractivity contribution in [2.75, 3.05) is 13.1 Å². The molecule has 2 heterocycles. The third kappa shape index (κ3) is 2.49. The van der Waals surface area contributed by atoms with Gasteiger partial charge in [0.25, 0.3) is 0 Å². The van der Waals surface area contributed by atoms with E-state index in [2.05, 4.69) is 18.3 Å². The van der Waals surface area contributed by atoms with Crippen LogP contribution in [-0.4, -0.2) is 18.7 Å². The van der Waals surface area contributed by atoms with E-state index in [-0.39, 0.29) is 5.60 Å². The standard InChI is InChI=1S/C11H14N2OS/c1-11(4-6-13-7-5-11)14-10-3-2-9(8-12)15-10/h2-3,13H,4-7H2,1H3. The molecule has 0 amide bonds. The Morgan fingerprint density at radius 2 is 2.20 bits per heavy atom. The number of piperidine rings is 1. The molecule has 15 heavy (non-hydrogen) atoms. The lowest BCUT2D eigenvalue weighted by atomic mass is 9.95. The summed E-state index contributed by atoms with van der Waals surface area (Å²) in [5.41, 5.74) is -0.0666. The van der Waals surface area contributed by atoms with E-state index in [1.165, 1.54) is 11.3 Å². The highest BCUT2D eigenvalue weighted by Crippen LogP contribution is 2.31. The summed E-state index contributed by atoms with van der Waals surface area (Å²) in [6, 6.07) is 5.82. The number of hydrogen-bond acceptors (Lipinski definition) is 4. The van der Waals surface area contributed by atoms with Crippen LogP contribution in [0.1, 0.15) is 24.6 Å². The SMILES string of the molecule is CC1(Oc2ccc(C#N)s2)CCNCC1. The maximum Gasteiger partial charge on any atom is 0.175 e. The van der Waals surface area contributed by atoms with Crippen molar-refractivity contribution in [2.24, 2.45) is 0 Å². The molecular weight excluding hydrogens is 208 g/mol. The molecule has 4 heteroatoms. The minimum atomic E-state index is -0.0666. The predicted octanol–water partition coefficient (Wildman–Crippen LogP) is 2.14. The van der Waals surface area contributed by atoms with Gasteiger partial charge in [-0.25, -0.2) is 0 Å². The fraction of sp³-hybridized carbons (Fsp3) is 0.545. The average molecular weight is 222 g/mol. The highest BCUT2D eigenvalue weighted by atomic mass is 32.1. The molecule has 1 aliphatic heterocycles. The maximum absolute atomic E-state index is 8.72. The van der Waals surface area contributed by atoms with Gasteiger partial charge in [0.1, 0.15) is 16.5 Å². The Bertz CT molecular complexity index is 374. The molecule has 1 saturated heterocycles. The number of nitrogens with zero attached hydrogens (tertiary/aromatic N) is 1. The number of hydrogen-bond donors (Lipinski definition) is 1. The first-order valence-electron chi connectivity index (χ1n) is 5.12. The van der Waals surface area contributed by atoms with Gasteiger partial charge in [-0.3, -0.25) is 0 Å². The van der Waals surface area contributed by atoms with Crippen molar-refractivity contribution in [2.45, 2.75) is 25.4 Å². The summed E-state index contributed by atoms with van der Waals surface area (Å²) in [6.45, 7) is 4.15. The Balaban J connectivity index is 2.04. The number of thiophene rings is 1. The van der Waals surface area contributed by atoms with Gasteiger partial charge in [0, 0.05) is 0 Å². The van der Waals surface area contributed by atoms with Crippen molar-refractivity contribution in [1.82, 2.24) is 5.32 Å². The molecule has 1 aromatic heterocycles. The number of rotatable bonds is 2. The van der Waals surface area contributed by atoms with Gasteiger partial charge in [0.2, 0.25) is 0 Å². The molecule has 0 aliphatic carbocycles. The van der Waals surface area contributed by atoms with E-state index in [0.29, 0.717) is 4.88 Å². The monoisotopic (exact) mass is 222 g/mol. The highest BCUT2D eigenvalue weighted by Gasteiger charge is 2.29. The second-order valence-electron chi connectivity index (χ2n) is 4.03. The first-order chi connectivity index (χ1) is 7.22. The fourth-order valence-electron chi connectivity index (χ4n) is 1.74. The average Bonchev–Trinajstić information content (AvgIpc) is 2.66. The lowest BCUT2D eigenvalue weighted by Gasteiger charge is -2.33. The molecule has 1 aromatic rings. The summed E-state index contributed by atoms with van der Waals surface area (Å²) in [6.07, 6.45) is 2.04. The zero-order valence-electron chi connectivity index (χ0n) is 8.75. The van der Waals surface area contributed by atoms with Gasteiger partial charge in [0.15, 0.2) is 5.06 Å². The van der Waals surface area contributed by atoms with E-state index >= 15 is 0 Å². The summed E-state index contributed by atoms with van der Waals surface area (Å²) >= 11 is 1.42. The van der Waals surface area contributed by atoms with Crippen LogP contribution >= 0.6 is 11.3 Å². The van der Waals surface area contributed by atoms with Crippen molar-refractivity contribution in [1.29, 1.82) is 5.26 Å². The summed E-state index contributed by atoms with van der Waals surface area (Å²) in [5.74, 6) is 0. The van der Waals surface area contributed by atoms with Gasteiger partial charge in [0.05, 0.1) is 0 Å². The van der Waals surface area contributed by atoms with E-state index < -0.39 is 0 Å². The van der Waals surface area contributed by atoms with E-state index in [9.17, 15) is 0 Å². The van der Waals surface area contributed by atoms with Crippen LogP contribution in [0, 0.1) is 11.3 Å². The summed E-state index contributed by atoms with van der Waals surface area (Å²) in [7, 11) is 0. The number of nitriles is 1. The van der Waals surface area contributed by atoms with E-state index in [1.54, 1.807) is 0 Å². The van der Waals surface area contributed by atoms with Gasteiger partial charge in [-0.05, 0) is 45.0 Å². The van der Waals surface area contributed by atoms with Crippen LogP contribution in [0.5, 0.6) is 5.06 Å². The highest BCUT2D eigenvalue weighted by molar-refractivity contribution is 7.14. The smallest absolute Gasteiger partial charge is 0.175 e. The molecule has 80 valence electrons. The molecule has 0 unspecified atom stereocenters. The van der Waals surface area contributed by atoms with E-state index in [1.807, 2.05) is 12.1 Å². The Hall–Kier alpha value is -1.05. The van der Waals surface area contributed by atoms with Crippen molar-refractivity contribution in [3.63, 3.8) is 0 Å². The van der Waals surface area contributed by atoms with Crippen LogP contribution in [0.4, 0.5) is 0 Å². The molecule has 1 aliphatic rings. The molecule has 0 saturated carbocycles. The quantitative estimate of drug-likeness (QED) is 0.833. The largest absolute Gasteiger partial charge is 0.478 e. The fourth-order valence-corrected chi connectivity index (χ4v) is 2.51. The van der Waals surface area contributed by atoms with Crippen molar-refractivity contribution in [3.8, 4) is 11.1 Å². The van der Waals surface area contributed by atoms with Gasteiger partial charge >= 0.3 is 0 Å². The molecule has 1 N–H and O–H groups in total. The molecule has 0 radical (unpaired) electrons. The summed E-state index contributed by atoms with van der Waals surface area (Å²) < 4.78 is 5.95. The van der Waals surface area contributed by atoms with Crippen LogP contribution in [0.3, 0.4) is 0 Å². The van der Waals surface area contributed by atoms with Crippen LogP contribution < -0.4 is 10.1 Å². The number of nitrogens with one attached hydrogen (secondary N) is 1. The molecule has 0 aromatic carbocycles. The molecule has 2 rings (SSSR count). The maximum atomic E-state index is 8.72. The second kappa shape index (κ2) is 4.21. The van der Waals surface area contributed by atoms with Crippen molar-refractivity contribution >= 4 is 11.3 Å². The van der Waals surface area contributed by atoms with Gasteiger partial charge in [-0.1, -0.05) is 11.3 Å². The second-order valence-corrected chi connectivity index (χ2v) is 5.08. The normalized spacial score (nSPS) is 19.5. The third-order valence-electron chi connectivity index (χ3n) is 2.70. The Morgan fingerprint density at radius 3 is 2.80 bits per heavy atom. The van der Waals surface area contributed by atoms with Gasteiger partial charge < -0.3 is 10.1 Å². The zero-order chi connectivity index (χ0) is 10.7. The molecule has 0 spiro atoms. The van der Waals surface area contributed by atoms with E-state index in [4.69, 9.17) is 10.00 Å². The topological polar surface area (TPSA) is 45.0 Å². The lowest BCUT2D eigenvalue weighted by molar-refractivity contribution is 0.0596. The Morgan fingerprint density at radius 1 is 1.47 bits per heavy atom. The van der Waals surface area contributed by atoms with Crippen LogP contribution in [0.25, 0.3) is 0 Å². The van der Waals surface area contributed by atoms with Crippen LogP contribution in [0.2, 0.25) is 0 Å². The third-order valence-corrected chi connectivity index (χ3v) is 3.57. The molecular formula is C11H14N2OS. The zero-order valence-corrected chi connectivity index (χ0v) is 9.56. The molecule has 3 nitrogen and oxygen atoms in total. The minimum Gasteiger partial charge on any atom is -0.478 e. The van der Waals surface area contributed by atoms with Gasteiger partial charge in [-0.2, -0.15) is 5.26 Å². The molecule has 0 bridgehead atoms. The molecule has 1 fully saturated rings. The predicted molar refractivity (Wildman–Crippen MR) is 60.2 cm³/mol. The Kier molecular flexibility index (Phi) is 2.94. The van der Waals surface area contributed by atoms with Crippen LogP contribution in [-0.2, 0) is 0 Å². The van der Waals surface area contributed by atoms with E-state index in [0.717, 1.165) is 31.0 Å². The minimum absolute atomic E-state index is 0.0666. The van der Waals surface area contributed by atoms with Gasteiger partial charge in [-0.15, -0.1) is 0 Å². The Labute approximate surface area is 93.7 Å². The first-order valence-corrected chi connectivity index (χ1v) is 5.93. The van der Waals surface area contributed by atoms with Crippen molar-refractivity contribution < 1.29 is 4.74 Å². The summed E-state index contributed by atoms with van der Waals surface area (Å²) in [5, 5.41) is 12.9.